The molecular weight excluding hydrogens is 596 g/mol. The largest absolute Gasteiger partial charge is 0.457 e. The maximum atomic E-state index is 11.8. The van der Waals surface area contributed by atoms with Crippen molar-refractivity contribution in [2.45, 2.75) is 144 Å². The van der Waals surface area contributed by atoms with Crippen molar-refractivity contribution in [3.8, 4) is 0 Å². The van der Waals surface area contributed by atoms with Gasteiger partial charge in [-0.25, -0.2) is 0 Å². The Morgan fingerprint density at radius 1 is 0.826 bits per heavy atom. The lowest BCUT2D eigenvalue weighted by Gasteiger charge is -2.55. The van der Waals surface area contributed by atoms with E-state index >= 15 is 0 Å². The number of nitrogens with zero attached hydrogens (tertiary/aromatic N) is 2. The Bertz CT molecular complexity index is 1090. The van der Waals surface area contributed by atoms with E-state index in [0.717, 1.165) is 45.4 Å². The van der Waals surface area contributed by atoms with Gasteiger partial charge >= 0.3 is 5.97 Å². The lowest BCUT2D eigenvalue weighted by atomic mass is 9.53. The fourth-order valence-corrected chi connectivity index (χ4v) is 11.2. The molecule has 1 heterocycles. The topological polar surface area (TPSA) is 180 Å². The molecule has 0 spiro atoms. The van der Waals surface area contributed by atoms with Crippen LogP contribution >= 0.6 is 0 Å². The predicted octanol–water partition coefficient (Wildman–Crippen LogP) is 1.52. The highest BCUT2D eigenvalue weighted by molar-refractivity contribution is 5.66. The van der Waals surface area contributed by atoms with Gasteiger partial charge in [-0.1, -0.05) is 0 Å². The van der Waals surface area contributed by atoms with E-state index in [4.69, 9.17) is 28.9 Å². The normalized spacial score (nSPS) is 47.9. The van der Waals surface area contributed by atoms with Gasteiger partial charge in [0.2, 0.25) is 0 Å². The number of aliphatic imine (C=N–C) groups is 2. The molecule has 12 nitrogen and oxygen atoms in total. The number of hydrogen-bond donors (Lipinski definition) is 5. The van der Waals surface area contributed by atoms with Gasteiger partial charge < -0.3 is 44.5 Å². The van der Waals surface area contributed by atoms with Crippen LogP contribution in [0, 0.1) is 35.5 Å². The summed E-state index contributed by atoms with van der Waals surface area (Å²) in [6.07, 6.45) is 5.91. The van der Waals surface area contributed by atoms with Gasteiger partial charge in [0.1, 0.15) is 30.5 Å². The van der Waals surface area contributed by atoms with Gasteiger partial charge in [-0.2, -0.15) is 0 Å². The van der Waals surface area contributed by atoms with Crippen LogP contribution in [0.4, 0.5) is 0 Å². The molecular formula is C34H52N2O10. The summed E-state index contributed by atoms with van der Waals surface area (Å²) in [5, 5.41) is 53.1. The first-order chi connectivity index (χ1) is 22.0. The summed E-state index contributed by atoms with van der Waals surface area (Å²) in [4.78, 5) is 21.8. The molecule has 12 heteroatoms. The average Bonchev–Trinajstić information content (AvgIpc) is 2.99. The molecule has 0 aromatic rings. The summed E-state index contributed by atoms with van der Waals surface area (Å²) in [6, 6.07) is 0. The van der Waals surface area contributed by atoms with Crippen LogP contribution in [-0.2, 0) is 23.7 Å². The zero-order valence-electron chi connectivity index (χ0n) is 26.8. The Kier molecular flexibility index (Phi) is 9.38. The highest BCUT2D eigenvalue weighted by Crippen LogP contribution is 2.58. The fourth-order valence-electron chi connectivity index (χ4n) is 11.2. The zero-order valence-corrected chi connectivity index (χ0v) is 26.8. The second-order valence-corrected chi connectivity index (χ2v) is 16.0. The van der Waals surface area contributed by atoms with Gasteiger partial charge in [0.15, 0.2) is 18.7 Å². The van der Waals surface area contributed by atoms with Crippen molar-refractivity contribution in [3.63, 3.8) is 0 Å². The van der Waals surface area contributed by atoms with Crippen LogP contribution < -0.4 is 0 Å². The summed E-state index contributed by atoms with van der Waals surface area (Å²) < 4.78 is 23.1. The molecule has 1 aliphatic heterocycles. The van der Waals surface area contributed by atoms with Crippen molar-refractivity contribution in [1.29, 1.82) is 0 Å². The molecule has 8 saturated carbocycles. The second-order valence-electron chi connectivity index (χ2n) is 16.0. The first kappa shape index (κ1) is 33.0. The molecule has 5 N–H and O–H groups in total. The van der Waals surface area contributed by atoms with Crippen molar-refractivity contribution in [1.82, 2.24) is 0 Å². The molecule has 9 rings (SSSR count). The average molecular weight is 649 g/mol. The molecule has 9 fully saturated rings. The molecule has 8 aliphatic carbocycles. The minimum atomic E-state index is -1.61. The summed E-state index contributed by atoms with van der Waals surface area (Å²) in [7, 11) is 0. The molecule has 0 radical (unpaired) electrons. The monoisotopic (exact) mass is 648 g/mol. The number of aliphatic hydroxyl groups is 5. The minimum Gasteiger partial charge on any atom is -0.457 e. The third-order valence-corrected chi connectivity index (χ3v) is 12.3. The van der Waals surface area contributed by atoms with E-state index in [9.17, 15) is 30.3 Å². The molecule has 258 valence electrons. The van der Waals surface area contributed by atoms with Gasteiger partial charge in [0.05, 0.1) is 30.5 Å². The fraction of sp³-hybridized carbons (Fsp3) is 0.912. The lowest BCUT2D eigenvalue weighted by molar-refractivity contribution is -0.315. The van der Waals surface area contributed by atoms with Crippen LogP contribution in [0.25, 0.3) is 0 Å². The smallest absolute Gasteiger partial charge is 0.303 e. The van der Waals surface area contributed by atoms with Crippen molar-refractivity contribution >= 4 is 18.4 Å². The second kappa shape index (κ2) is 13.1. The number of carbonyl (C=O) groups is 1. The predicted molar refractivity (Wildman–Crippen MR) is 165 cm³/mol. The Morgan fingerprint density at radius 2 is 1.30 bits per heavy atom. The van der Waals surface area contributed by atoms with Crippen LogP contribution in [0.3, 0.4) is 0 Å². The van der Waals surface area contributed by atoms with Gasteiger partial charge in [-0.3, -0.25) is 14.8 Å². The quantitative estimate of drug-likeness (QED) is 0.118. The Balaban J connectivity index is 1.10. The Morgan fingerprint density at radius 3 is 1.74 bits per heavy atom. The molecule has 8 atom stereocenters. The Hall–Kier alpha value is -1.51. The standard InChI is InChI=1S/C34H52N2O10/c1-18(39)43-31-29(41)27(17-38)46-32(30(31)42)45-25(14-35-33-8-19-2-20(9-33)4-21(3-19)10-33)26(16-37)44-28(40)15-36-34-11-22-5-23(12-34)7-24(6-22)13-34/h14-15,19-32,37-38,40-42H,2-13,16-17H2,1H3/t19?,20?,21?,22?,23?,24?,25-,26+,27-,28-,29+,30+,31-,32-,33?,34?/m0/s1. The number of hydrogen-bond acceptors (Lipinski definition) is 12. The summed E-state index contributed by atoms with van der Waals surface area (Å²) >= 11 is 0. The van der Waals surface area contributed by atoms with E-state index in [2.05, 4.69) is 0 Å². The highest BCUT2D eigenvalue weighted by Gasteiger charge is 2.53. The molecule has 1 saturated heterocycles. The number of esters is 1. The van der Waals surface area contributed by atoms with E-state index in [1.54, 1.807) is 6.21 Å². The number of ether oxygens (including phenoxy) is 4. The molecule has 0 unspecified atom stereocenters. The van der Waals surface area contributed by atoms with E-state index in [1.807, 2.05) is 0 Å². The maximum Gasteiger partial charge on any atom is 0.303 e. The maximum absolute atomic E-state index is 11.8. The van der Waals surface area contributed by atoms with Crippen LogP contribution in [0.15, 0.2) is 9.98 Å². The molecule has 8 bridgehead atoms. The highest BCUT2D eigenvalue weighted by atomic mass is 16.7. The summed E-state index contributed by atoms with van der Waals surface area (Å²) in [5.41, 5.74) is -0.388. The first-order valence-corrected chi connectivity index (χ1v) is 17.5. The van der Waals surface area contributed by atoms with E-state index in [-0.39, 0.29) is 11.1 Å². The number of rotatable bonds is 12. The van der Waals surface area contributed by atoms with Crippen molar-refractivity contribution < 1.29 is 49.3 Å². The first-order valence-electron chi connectivity index (χ1n) is 17.5. The molecule has 46 heavy (non-hydrogen) atoms. The van der Waals surface area contributed by atoms with Gasteiger partial charge in [0.25, 0.3) is 0 Å². The van der Waals surface area contributed by atoms with Crippen molar-refractivity contribution in [2.24, 2.45) is 45.5 Å². The van der Waals surface area contributed by atoms with Gasteiger partial charge in [-0.05, 0) is 113 Å². The van der Waals surface area contributed by atoms with Gasteiger partial charge in [-0.15, -0.1) is 0 Å². The third-order valence-electron chi connectivity index (χ3n) is 12.3. The minimum absolute atomic E-state index is 0.157. The summed E-state index contributed by atoms with van der Waals surface area (Å²) in [5.74, 6) is 3.32. The van der Waals surface area contributed by atoms with Crippen LogP contribution in [0.1, 0.15) is 84.0 Å². The van der Waals surface area contributed by atoms with Crippen LogP contribution in [0.5, 0.6) is 0 Å². The lowest BCUT2D eigenvalue weighted by Crippen LogP contribution is -2.61. The SMILES string of the molecule is CC(=O)O[C@@H]1[C@@H](O)[C@@H](O[C@@H](C=NC23CC4CC(CC(C4)C2)C3)[C@@H](CO)O[C@H](O)C=NC23CC4CC(CC(C4)C2)C3)O[C@@H](CO)[C@H]1O. The molecule has 0 amide bonds. The number of aliphatic hydroxyl groups excluding tert-OH is 5. The van der Waals surface area contributed by atoms with Crippen molar-refractivity contribution in [2.75, 3.05) is 13.2 Å². The zero-order chi connectivity index (χ0) is 32.2. The van der Waals surface area contributed by atoms with Crippen LogP contribution in [-0.4, -0.2) is 117 Å². The van der Waals surface area contributed by atoms with Gasteiger partial charge in [0, 0.05) is 13.1 Å². The van der Waals surface area contributed by atoms with Crippen molar-refractivity contribution in [3.05, 3.63) is 0 Å². The van der Waals surface area contributed by atoms with Crippen LogP contribution in [0.2, 0.25) is 0 Å². The van der Waals surface area contributed by atoms with E-state index in [0.29, 0.717) is 35.5 Å². The molecule has 0 aromatic heterocycles. The molecule has 9 aliphatic rings. The number of carbonyl (C=O) groups excluding carboxylic acids is 1. The van der Waals surface area contributed by atoms with E-state index < -0.39 is 68.4 Å². The third kappa shape index (κ3) is 6.70. The molecule has 0 aromatic carbocycles. The van der Waals surface area contributed by atoms with E-state index in [1.165, 1.54) is 44.7 Å². The summed E-state index contributed by atoms with van der Waals surface area (Å²) in [6.45, 7) is 0.000680. The Labute approximate surface area is 270 Å².